The molecule has 0 aliphatic carbocycles. The van der Waals surface area contributed by atoms with Gasteiger partial charge in [-0.05, 0) is 103 Å². The molecule has 0 spiro atoms. The quantitative estimate of drug-likeness (QED) is 0.0708. The van der Waals surface area contributed by atoms with Crippen molar-refractivity contribution < 1.29 is 76.0 Å². The van der Waals surface area contributed by atoms with Crippen molar-refractivity contribution in [2.45, 2.75) is 26.2 Å². The number of anilines is 3. The first-order valence-corrected chi connectivity index (χ1v) is 31.8. The summed E-state index contributed by atoms with van der Waals surface area (Å²) in [7, 11) is -2.49. The zero-order valence-corrected chi connectivity index (χ0v) is 51.6. The molecule has 6 heterocycles. The summed E-state index contributed by atoms with van der Waals surface area (Å²) < 4.78 is 132. The van der Waals surface area contributed by atoms with Crippen molar-refractivity contribution in [1.29, 1.82) is 0 Å². The van der Waals surface area contributed by atoms with E-state index in [1.807, 2.05) is 6.92 Å². The number of furan rings is 3. The number of carbonyl (C=O) groups excluding carboxylic acids is 3. The number of hydrogen-bond acceptors (Lipinski definition) is 16. The molecule has 9 aromatic rings. The number of nitrogens with one attached hydrogen (secondary N) is 3. The molecule has 9 rings (SSSR count). The Labute approximate surface area is 509 Å². The number of carboxylic acids is 1. The lowest BCUT2D eigenvalue weighted by Gasteiger charge is -2.18. The molecule has 0 unspecified atom stereocenters. The maximum atomic E-state index is 13.4. The van der Waals surface area contributed by atoms with E-state index in [0.717, 1.165) is 31.7 Å². The van der Waals surface area contributed by atoms with E-state index in [2.05, 4.69) is 48.7 Å². The molecule has 89 heavy (non-hydrogen) atoms. The van der Waals surface area contributed by atoms with Crippen LogP contribution in [0.15, 0.2) is 104 Å². The lowest BCUT2D eigenvalue weighted by Crippen LogP contribution is -2.27. The first-order chi connectivity index (χ1) is 41.9. The Kier molecular flexibility index (Phi) is 20.0. The third kappa shape index (κ3) is 14.6. The number of carbonyl (C=O) groups is 4. The summed E-state index contributed by atoms with van der Waals surface area (Å²) in [6, 6.07) is 20.9. The third-order valence-corrected chi connectivity index (χ3v) is 16.9. The molecule has 0 aliphatic heterocycles. The molecule has 0 atom stereocenters. The minimum Gasteiger partial charge on any atom is -0.481 e. The lowest BCUT2D eigenvalue weighted by atomic mass is 10.0. The highest BCUT2D eigenvalue weighted by Crippen LogP contribution is 2.39. The van der Waals surface area contributed by atoms with Crippen LogP contribution in [0.1, 0.15) is 67.5 Å². The number of aryl methyl sites for hydroxylation is 1. The number of terminal acetylenes is 1. The van der Waals surface area contributed by atoms with Crippen molar-refractivity contribution in [3.05, 3.63) is 142 Å². The van der Waals surface area contributed by atoms with Crippen molar-refractivity contribution in [3.8, 4) is 58.2 Å². The number of hydrogen-bond donors (Lipinski definition) is 4. The normalized spacial score (nSPS) is 11.3. The number of pyridine rings is 3. The SMILES string of the molecule is C#Cc1cc2c(C(=O)NC)c(-c3ccc(F)cc3)oc2nc1N(C)S(C)(=O)=O.CCc1cc2c(C(=O)NC)c(-c3ccc(F)cc3)oc2nc1N(C)S(C)(=O)=O.CNC(=O)c1c(-c2ccc(F)cc2)oc2nc(N(C)S(C)(=O)=O)c(C#CCCC(=O)O)cc12. The highest BCUT2D eigenvalue weighted by molar-refractivity contribution is 7.92. The number of halogens is 3. The van der Waals surface area contributed by atoms with Crippen LogP contribution in [0, 0.1) is 41.6 Å². The monoisotopic (exact) mass is 1280 g/mol. The molecule has 0 bridgehead atoms. The topological polar surface area (TPSA) is 315 Å². The molecule has 0 aliphatic rings. The summed E-state index contributed by atoms with van der Waals surface area (Å²) in [5, 5.41) is 17.5. The predicted octanol–water partition coefficient (Wildman–Crippen LogP) is 7.93. The standard InChI is InChI=1S/C22H20FN3O6S.C19H20FN3O4S.C19H16FN3O4S/c1-24-21(29)18-16-12-14(6-4-5-7-17(27)28)20(26(2)33(3,30)31)25-22(16)32-19(18)13-8-10-15(23)11-9-13;2*1-5-11-10-14-15(18(24)21-2)16(12-6-8-13(20)9-7-12)27-19(14)22-17(11)23(3)28(4,25)26/h8-12H,5,7H2,1-3H3,(H,24,29)(H,27,28);6-10H,5H2,1-4H3,(H,21,24);1,6-10H,2-4H3,(H,21,24). The van der Waals surface area contributed by atoms with Gasteiger partial charge in [-0.1, -0.05) is 24.7 Å². The molecule has 3 aromatic carbocycles. The van der Waals surface area contributed by atoms with E-state index in [1.54, 1.807) is 6.07 Å². The van der Waals surface area contributed by atoms with Gasteiger partial charge in [0, 0.05) is 65.4 Å². The molecule has 0 radical (unpaired) electrons. The van der Waals surface area contributed by atoms with Crippen molar-refractivity contribution in [2.24, 2.45) is 0 Å². The van der Waals surface area contributed by atoms with Gasteiger partial charge in [-0.2, -0.15) is 15.0 Å². The molecule has 464 valence electrons. The smallest absolute Gasteiger partial charge is 0.304 e. The molecule has 0 saturated heterocycles. The molecule has 0 fully saturated rings. The molecular weight excluding hydrogens is 1220 g/mol. The Balaban J connectivity index is 0.000000191. The Morgan fingerprint density at radius 2 is 0.854 bits per heavy atom. The van der Waals surface area contributed by atoms with Gasteiger partial charge in [-0.15, -0.1) is 6.42 Å². The number of nitrogens with zero attached hydrogens (tertiary/aromatic N) is 6. The summed E-state index contributed by atoms with van der Waals surface area (Å²) in [5.74, 6) is 4.88. The average molecular weight is 1280 g/mol. The van der Waals surface area contributed by atoms with Crippen molar-refractivity contribution in [2.75, 3.05) is 74.0 Å². The highest BCUT2D eigenvalue weighted by Gasteiger charge is 2.30. The van der Waals surface area contributed by atoms with Crippen LogP contribution in [0.4, 0.5) is 30.6 Å². The number of benzene rings is 3. The number of sulfonamides is 3. The Bertz CT molecular complexity index is 4730. The molecular formula is C60H56F3N9O14S3. The number of aromatic nitrogens is 3. The van der Waals surface area contributed by atoms with Crippen molar-refractivity contribution in [3.63, 3.8) is 0 Å². The summed E-state index contributed by atoms with van der Waals surface area (Å²) >= 11 is 0. The number of aliphatic carboxylic acids is 1. The van der Waals surface area contributed by atoms with E-state index < -0.39 is 65.3 Å². The van der Waals surface area contributed by atoms with Gasteiger partial charge in [0.1, 0.15) is 40.6 Å². The second kappa shape index (κ2) is 26.8. The third-order valence-electron chi connectivity index (χ3n) is 13.4. The molecule has 0 saturated carbocycles. The van der Waals surface area contributed by atoms with Crippen molar-refractivity contribution >= 4 is 105 Å². The van der Waals surface area contributed by atoms with Crippen LogP contribution in [0.2, 0.25) is 0 Å². The number of carboxylic acid groups (broad SMARTS) is 1. The van der Waals surface area contributed by atoms with Gasteiger partial charge < -0.3 is 34.3 Å². The van der Waals surface area contributed by atoms with E-state index in [0.29, 0.717) is 39.4 Å². The van der Waals surface area contributed by atoms with Gasteiger partial charge in [0.05, 0.1) is 69.2 Å². The Morgan fingerprint density at radius 3 is 1.17 bits per heavy atom. The van der Waals surface area contributed by atoms with Gasteiger partial charge in [-0.25, -0.2) is 38.4 Å². The minimum atomic E-state index is -3.73. The summed E-state index contributed by atoms with van der Waals surface area (Å²) in [4.78, 5) is 61.4. The first kappa shape index (κ1) is 66.3. The Morgan fingerprint density at radius 1 is 0.539 bits per heavy atom. The van der Waals surface area contributed by atoms with E-state index in [-0.39, 0.29) is 104 Å². The average Bonchev–Trinajstić information content (AvgIpc) is 1.70. The zero-order chi connectivity index (χ0) is 65.6. The van der Waals surface area contributed by atoms with E-state index in [4.69, 9.17) is 24.8 Å². The second-order valence-electron chi connectivity index (χ2n) is 19.3. The van der Waals surface area contributed by atoms with Crippen LogP contribution in [0.5, 0.6) is 0 Å². The fourth-order valence-electron chi connectivity index (χ4n) is 8.56. The van der Waals surface area contributed by atoms with Crippen molar-refractivity contribution in [1.82, 2.24) is 30.9 Å². The fourth-order valence-corrected chi connectivity index (χ4v) is 9.94. The molecule has 4 N–H and O–H groups in total. The van der Waals surface area contributed by atoms with Crippen LogP contribution < -0.4 is 28.9 Å². The number of rotatable bonds is 15. The van der Waals surface area contributed by atoms with E-state index in [9.17, 15) is 57.6 Å². The van der Waals surface area contributed by atoms with Crippen LogP contribution in [-0.2, 0) is 41.3 Å². The zero-order valence-electron chi connectivity index (χ0n) is 49.2. The molecule has 6 aromatic heterocycles. The van der Waals surface area contributed by atoms with E-state index in [1.165, 1.54) is 127 Å². The second-order valence-corrected chi connectivity index (χ2v) is 25.4. The molecule has 23 nitrogen and oxygen atoms in total. The maximum Gasteiger partial charge on any atom is 0.304 e. The van der Waals surface area contributed by atoms with Gasteiger partial charge in [-0.3, -0.25) is 32.1 Å². The van der Waals surface area contributed by atoms with Crippen LogP contribution in [0.3, 0.4) is 0 Å². The summed E-state index contributed by atoms with van der Waals surface area (Å²) in [5.41, 5.74) is 3.06. The predicted molar refractivity (Wildman–Crippen MR) is 329 cm³/mol. The number of fused-ring (bicyclic) bond motifs is 3. The van der Waals surface area contributed by atoms with Crippen LogP contribution in [-0.4, -0.2) is 130 Å². The van der Waals surface area contributed by atoms with Gasteiger partial charge in [0.2, 0.25) is 47.2 Å². The molecule has 29 heteroatoms. The van der Waals surface area contributed by atoms with Crippen LogP contribution >= 0.6 is 0 Å². The van der Waals surface area contributed by atoms with Gasteiger partial charge in [0.15, 0.2) is 11.6 Å². The maximum absolute atomic E-state index is 13.4. The lowest BCUT2D eigenvalue weighted by molar-refractivity contribution is -0.136. The van der Waals surface area contributed by atoms with Crippen LogP contribution in [0.25, 0.3) is 67.3 Å². The fraction of sp³-hybridized carbons (Fsp3) is 0.217. The summed E-state index contributed by atoms with van der Waals surface area (Å²) in [6.07, 6.45) is 8.96. The summed E-state index contributed by atoms with van der Waals surface area (Å²) in [6.45, 7) is 1.86. The highest BCUT2D eigenvalue weighted by atomic mass is 32.2. The first-order valence-electron chi connectivity index (χ1n) is 26.2. The van der Waals surface area contributed by atoms with Gasteiger partial charge >= 0.3 is 5.97 Å². The Hall–Kier alpha value is -10.2. The largest absolute Gasteiger partial charge is 0.481 e. The van der Waals surface area contributed by atoms with Gasteiger partial charge in [0.25, 0.3) is 17.7 Å². The molecule has 3 amide bonds. The number of amides is 3. The minimum absolute atomic E-state index is 0.000336. The van der Waals surface area contributed by atoms with E-state index >= 15 is 0 Å².